The van der Waals surface area contributed by atoms with Gasteiger partial charge in [0.1, 0.15) is 11.8 Å². The number of hydrogen-bond acceptors (Lipinski definition) is 5. The maximum Gasteiger partial charge on any atom is 0.165 e. The molecule has 0 amide bonds. The third-order valence-electron chi connectivity index (χ3n) is 3.19. The molecule has 0 saturated heterocycles. The zero-order valence-corrected chi connectivity index (χ0v) is 11.2. The van der Waals surface area contributed by atoms with Crippen LogP contribution in [0.15, 0.2) is 12.7 Å². The molecule has 0 atom stereocenters. The third kappa shape index (κ3) is 2.43. The highest BCUT2D eigenvalue weighted by molar-refractivity contribution is 5.82. The predicted octanol–water partition coefficient (Wildman–Crippen LogP) is 1.21. The highest BCUT2D eigenvalue weighted by Crippen LogP contribution is 2.16. The number of rotatable bonds is 6. The van der Waals surface area contributed by atoms with Gasteiger partial charge in [-0.1, -0.05) is 13.8 Å². The Balaban J connectivity index is 2.19. The van der Waals surface area contributed by atoms with Gasteiger partial charge < -0.3 is 14.8 Å². The number of hydrogen-bond donors (Lipinski definition) is 1. The van der Waals surface area contributed by atoms with Crippen molar-refractivity contribution in [2.75, 3.05) is 32.0 Å². The number of aromatic nitrogens is 4. The van der Waals surface area contributed by atoms with Crippen LogP contribution in [0.2, 0.25) is 0 Å². The molecule has 2 rings (SSSR count). The lowest BCUT2D eigenvalue weighted by molar-refractivity contribution is 0.291. The maximum absolute atomic E-state index is 4.38. The Bertz CT molecular complexity index is 502. The molecule has 18 heavy (non-hydrogen) atoms. The van der Waals surface area contributed by atoms with E-state index in [0.717, 1.165) is 43.2 Å². The summed E-state index contributed by atoms with van der Waals surface area (Å²) >= 11 is 0. The van der Waals surface area contributed by atoms with Gasteiger partial charge in [0.2, 0.25) is 0 Å². The van der Waals surface area contributed by atoms with Gasteiger partial charge in [-0.05, 0) is 13.1 Å². The monoisotopic (exact) mass is 248 g/mol. The molecule has 2 aromatic rings. The van der Waals surface area contributed by atoms with Gasteiger partial charge in [-0.3, -0.25) is 0 Å². The average molecular weight is 248 g/mol. The van der Waals surface area contributed by atoms with Gasteiger partial charge in [0.05, 0.1) is 6.33 Å². The van der Waals surface area contributed by atoms with Gasteiger partial charge in [0.25, 0.3) is 0 Å². The first kappa shape index (κ1) is 12.8. The van der Waals surface area contributed by atoms with Crippen molar-refractivity contribution < 1.29 is 0 Å². The van der Waals surface area contributed by atoms with E-state index in [1.807, 2.05) is 13.4 Å². The molecule has 0 radical (unpaired) electrons. The van der Waals surface area contributed by atoms with Crippen molar-refractivity contribution in [1.29, 1.82) is 0 Å². The predicted molar refractivity (Wildman–Crippen MR) is 72.7 cm³/mol. The molecular formula is C12H20N6. The van der Waals surface area contributed by atoms with Crippen molar-refractivity contribution in [2.45, 2.75) is 20.4 Å². The Labute approximate surface area is 107 Å². The van der Waals surface area contributed by atoms with E-state index in [2.05, 4.69) is 43.6 Å². The van der Waals surface area contributed by atoms with Crippen molar-refractivity contribution in [2.24, 2.45) is 0 Å². The minimum absolute atomic E-state index is 0.779. The van der Waals surface area contributed by atoms with E-state index < -0.39 is 0 Å². The molecule has 0 saturated carbocycles. The first-order valence-corrected chi connectivity index (χ1v) is 6.36. The number of nitrogens with one attached hydrogen (secondary N) is 1. The molecule has 6 heteroatoms. The molecule has 0 aliphatic heterocycles. The Kier molecular flexibility index (Phi) is 4.09. The lowest BCUT2D eigenvalue weighted by Crippen LogP contribution is -2.26. The highest BCUT2D eigenvalue weighted by Gasteiger charge is 2.09. The van der Waals surface area contributed by atoms with Gasteiger partial charge in [-0.25, -0.2) is 15.0 Å². The van der Waals surface area contributed by atoms with Crippen molar-refractivity contribution in [3.63, 3.8) is 0 Å². The molecule has 2 heterocycles. The van der Waals surface area contributed by atoms with Crippen LogP contribution in [0, 0.1) is 0 Å². The van der Waals surface area contributed by atoms with Crippen LogP contribution in [0.3, 0.4) is 0 Å². The van der Waals surface area contributed by atoms with E-state index in [1.54, 1.807) is 6.33 Å². The first-order valence-electron chi connectivity index (χ1n) is 6.36. The van der Waals surface area contributed by atoms with Crippen LogP contribution >= 0.6 is 0 Å². The van der Waals surface area contributed by atoms with Crippen LogP contribution in [0.1, 0.15) is 13.8 Å². The molecule has 1 N–H and O–H groups in total. The van der Waals surface area contributed by atoms with Crippen molar-refractivity contribution in [1.82, 2.24) is 24.4 Å². The average Bonchev–Trinajstić information content (AvgIpc) is 2.83. The normalized spacial score (nSPS) is 11.3. The smallest absolute Gasteiger partial charge is 0.165 e. The van der Waals surface area contributed by atoms with Gasteiger partial charge in [-0.2, -0.15) is 0 Å². The fourth-order valence-electron chi connectivity index (χ4n) is 2.02. The molecule has 0 aliphatic rings. The molecule has 0 bridgehead atoms. The summed E-state index contributed by atoms with van der Waals surface area (Å²) in [5, 5.41) is 3.03. The summed E-state index contributed by atoms with van der Waals surface area (Å²) in [6.07, 6.45) is 3.41. The van der Waals surface area contributed by atoms with Crippen molar-refractivity contribution >= 4 is 17.0 Å². The van der Waals surface area contributed by atoms with Gasteiger partial charge in [0.15, 0.2) is 11.5 Å². The van der Waals surface area contributed by atoms with Gasteiger partial charge in [-0.15, -0.1) is 0 Å². The van der Waals surface area contributed by atoms with E-state index in [4.69, 9.17) is 0 Å². The van der Waals surface area contributed by atoms with Crippen LogP contribution in [0.5, 0.6) is 0 Å². The fourth-order valence-corrected chi connectivity index (χ4v) is 2.02. The van der Waals surface area contributed by atoms with Crippen LogP contribution in [0.4, 0.5) is 5.82 Å². The first-order chi connectivity index (χ1) is 8.80. The summed E-state index contributed by atoms with van der Waals surface area (Å²) in [6.45, 7) is 8.41. The van der Waals surface area contributed by atoms with Gasteiger partial charge >= 0.3 is 0 Å². The number of likely N-dealkylation sites (N-methyl/N-ethyl adjacent to an activating group) is 1. The zero-order chi connectivity index (χ0) is 13.0. The van der Waals surface area contributed by atoms with E-state index in [9.17, 15) is 0 Å². The Morgan fingerprint density at radius 2 is 2.00 bits per heavy atom. The quantitative estimate of drug-likeness (QED) is 0.832. The summed E-state index contributed by atoms with van der Waals surface area (Å²) in [5.74, 6) is 0.779. The molecular weight excluding hydrogens is 228 g/mol. The SMILES string of the molecule is CCN(CC)CCn1cnc2c(NC)ncnc21. The summed E-state index contributed by atoms with van der Waals surface area (Å²) < 4.78 is 2.08. The van der Waals surface area contributed by atoms with E-state index >= 15 is 0 Å². The van der Waals surface area contributed by atoms with Crippen molar-refractivity contribution in [3.8, 4) is 0 Å². The molecule has 2 aromatic heterocycles. The second-order valence-corrected chi connectivity index (χ2v) is 4.11. The Morgan fingerprint density at radius 3 is 2.67 bits per heavy atom. The van der Waals surface area contributed by atoms with Crippen LogP contribution in [-0.2, 0) is 6.54 Å². The zero-order valence-electron chi connectivity index (χ0n) is 11.2. The standard InChI is InChI=1S/C12H20N6/c1-4-17(5-2)6-7-18-9-16-10-11(13-3)14-8-15-12(10)18/h8-9H,4-7H2,1-3H3,(H,13,14,15). The highest BCUT2D eigenvalue weighted by atomic mass is 15.2. The molecule has 0 spiro atoms. The Morgan fingerprint density at radius 1 is 1.22 bits per heavy atom. The molecule has 0 aliphatic carbocycles. The Hall–Kier alpha value is -1.69. The largest absolute Gasteiger partial charge is 0.371 e. The molecule has 98 valence electrons. The number of nitrogens with zero attached hydrogens (tertiary/aromatic N) is 5. The molecule has 6 nitrogen and oxygen atoms in total. The number of anilines is 1. The van der Waals surface area contributed by atoms with E-state index in [1.165, 1.54) is 0 Å². The third-order valence-corrected chi connectivity index (χ3v) is 3.19. The summed E-state index contributed by atoms with van der Waals surface area (Å²) in [7, 11) is 1.84. The fraction of sp³-hybridized carbons (Fsp3) is 0.583. The van der Waals surface area contributed by atoms with Crippen LogP contribution in [-0.4, -0.2) is 51.1 Å². The molecule has 0 unspecified atom stereocenters. The summed E-state index contributed by atoms with van der Waals surface area (Å²) in [5.41, 5.74) is 1.72. The summed E-state index contributed by atoms with van der Waals surface area (Å²) in [6, 6.07) is 0. The minimum atomic E-state index is 0.779. The lowest BCUT2D eigenvalue weighted by atomic mass is 10.4. The number of imidazole rings is 1. The summed E-state index contributed by atoms with van der Waals surface area (Å²) in [4.78, 5) is 15.2. The topological polar surface area (TPSA) is 58.9 Å². The van der Waals surface area contributed by atoms with E-state index in [-0.39, 0.29) is 0 Å². The minimum Gasteiger partial charge on any atom is -0.371 e. The second-order valence-electron chi connectivity index (χ2n) is 4.11. The molecule has 0 fully saturated rings. The van der Waals surface area contributed by atoms with E-state index in [0.29, 0.717) is 0 Å². The maximum atomic E-state index is 4.38. The van der Waals surface area contributed by atoms with Gasteiger partial charge in [0, 0.05) is 20.1 Å². The molecule has 0 aromatic carbocycles. The lowest BCUT2D eigenvalue weighted by Gasteiger charge is -2.17. The second kappa shape index (κ2) is 5.77. The van der Waals surface area contributed by atoms with Crippen LogP contribution in [0.25, 0.3) is 11.2 Å². The van der Waals surface area contributed by atoms with Crippen LogP contribution < -0.4 is 5.32 Å². The number of fused-ring (bicyclic) bond motifs is 1. The van der Waals surface area contributed by atoms with Crippen molar-refractivity contribution in [3.05, 3.63) is 12.7 Å².